The Balaban J connectivity index is 0.00000121. The maximum Gasteiger partial charge on any atom is 0.126 e. The van der Waals surface area contributed by atoms with Gasteiger partial charge in [-0.3, -0.25) is 4.98 Å². The molecule has 5 nitrogen and oxygen atoms in total. The van der Waals surface area contributed by atoms with E-state index in [1.807, 2.05) is 6.07 Å². The minimum atomic E-state index is -0.546. The fourth-order valence-electron chi connectivity index (χ4n) is 3.58. The Labute approximate surface area is 156 Å². The summed E-state index contributed by atoms with van der Waals surface area (Å²) in [5.41, 5.74) is 2.43. The molecule has 3 unspecified atom stereocenters. The molecule has 1 fully saturated rings. The molecule has 140 valence electrons. The first kappa shape index (κ1) is 20.2. The topological polar surface area (TPSA) is 85.1 Å². The summed E-state index contributed by atoms with van der Waals surface area (Å²) in [4.78, 5) is 12.1. The van der Waals surface area contributed by atoms with Crippen LogP contribution in [-0.2, 0) is 0 Å². The van der Waals surface area contributed by atoms with Gasteiger partial charge in [-0.1, -0.05) is 0 Å². The van der Waals surface area contributed by atoms with Crippen LogP contribution in [0.15, 0.2) is 36.7 Å². The van der Waals surface area contributed by atoms with Gasteiger partial charge in [-0.05, 0) is 43.5 Å². The molecule has 0 radical (unpaired) electrons. The van der Waals surface area contributed by atoms with E-state index in [1.165, 1.54) is 12.1 Å². The van der Waals surface area contributed by atoms with E-state index in [2.05, 4.69) is 27.2 Å². The van der Waals surface area contributed by atoms with Gasteiger partial charge in [0, 0.05) is 30.3 Å². The number of nitrogens with zero attached hydrogens (tertiary/aromatic N) is 2. The molecule has 4 N–H and O–H groups in total. The molecule has 1 saturated heterocycles. The molecule has 3 atom stereocenters. The normalized spacial score (nSPS) is 22.5. The van der Waals surface area contributed by atoms with Gasteiger partial charge in [-0.2, -0.15) is 0 Å². The van der Waals surface area contributed by atoms with Gasteiger partial charge in [-0.15, -0.1) is 12.4 Å². The average Bonchev–Trinajstić information content (AvgIpc) is 3.01. The monoisotopic (exact) mass is 382 g/mol. The van der Waals surface area contributed by atoms with Gasteiger partial charge in [0.15, 0.2) is 0 Å². The summed E-state index contributed by atoms with van der Waals surface area (Å²) in [6.07, 6.45) is 5.16. The molecule has 4 rings (SSSR count). The Morgan fingerprint density at radius 3 is 2.54 bits per heavy atom. The van der Waals surface area contributed by atoms with Crippen molar-refractivity contribution >= 4 is 12.4 Å². The van der Waals surface area contributed by atoms with Crippen molar-refractivity contribution in [2.45, 2.75) is 37.8 Å². The van der Waals surface area contributed by atoms with Gasteiger partial charge in [0.2, 0.25) is 0 Å². The van der Waals surface area contributed by atoms with Gasteiger partial charge in [0.1, 0.15) is 23.2 Å². The first-order valence-electron chi connectivity index (χ1n) is 8.10. The molecular formula is C18H21ClF2N4O. The standard InChI is InChI=1S/C18H18F2N4.ClH.H2O/c1-10-4-12(18-22-9-17-15(24-18)2-3-21-17)7-16(23-10)11-5-13(19)8-14(20)6-11;;/h2-3,5-6,8-10,12,16,23H,4,7H2,1H3,(H,22,24);1H;1H2. The number of nitrogens with one attached hydrogen (secondary N) is 2. The first-order valence-corrected chi connectivity index (χ1v) is 8.10. The Kier molecular flexibility index (Phi) is 6.28. The number of H-pyrrole nitrogens is 1. The lowest BCUT2D eigenvalue weighted by Crippen LogP contribution is -2.38. The van der Waals surface area contributed by atoms with Crippen molar-refractivity contribution in [1.29, 1.82) is 0 Å². The van der Waals surface area contributed by atoms with E-state index < -0.39 is 11.6 Å². The van der Waals surface area contributed by atoms with Crippen LogP contribution in [0.4, 0.5) is 8.78 Å². The minimum absolute atomic E-state index is 0. The van der Waals surface area contributed by atoms with Crippen LogP contribution < -0.4 is 5.32 Å². The van der Waals surface area contributed by atoms with Crippen LogP contribution >= 0.6 is 12.4 Å². The Hall–Kier alpha value is -2.09. The highest BCUT2D eigenvalue weighted by atomic mass is 35.5. The summed E-state index contributed by atoms with van der Waals surface area (Å²) >= 11 is 0. The predicted molar refractivity (Wildman–Crippen MR) is 97.5 cm³/mol. The van der Waals surface area contributed by atoms with Crippen LogP contribution in [0.5, 0.6) is 0 Å². The zero-order valence-electron chi connectivity index (χ0n) is 14.2. The Morgan fingerprint density at radius 1 is 1.08 bits per heavy atom. The van der Waals surface area contributed by atoms with Gasteiger partial charge < -0.3 is 15.8 Å². The van der Waals surface area contributed by atoms with E-state index in [9.17, 15) is 8.78 Å². The lowest BCUT2D eigenvalue weighted by Gasteiger charge is -2.34. The van der Waals surface area contributed by atoms with Gasteiger partial charge in [0.05, 0.1) is 11.9 Å². The zero-order chi connectivity index (χ0) is 16.7. The van der Waals surface area contributed by atoms with E-state index in [-0.39, 0.29) is 35.9 Å². The van der Waals surface area contributed by atoms with Crippen LogP contribution in [0.2, 0.25) is 0 Å². The third kappa shape index (κ3) is 4.00. The van der Waals surface area contributed by atoms with Gasteiger partial charge in [-0.25, -0.2) is 13.8 Å². The number of aromatic amines is 1. The quantitative estimate of drug-likeness (QED) is 0.712. The lowest BCUT2D eigenvalue weighted by atomic mass is 9.84. The summed E-state index contributed by atoms with van der Waals surface area (Å²) in [6.45, 7) is 2.08. The van der Waals surface area contributed by atoms with E-state index in [1.54, 1.807) is 12.4 Å². The Morgan fingerprint density at radius 2 is 1.81 bits per heavy atom. The van der Waals surface area contributed by atoms with Crippen molar-refractivity contribution in [2.75, 3.05) is 0 Å². The van der Waals surface area contributed by atoms with Crippen molar-refractivity contribution in [3.05, 3.63) is 59.7 Å². The molecule has 3 aliphatic rings. The lowest BCUT2D eigenvalue weighted by molar-refractivity contribution is 0.298. The second-order valence-corrected chi connectivity index (χ2v) is 6.50. The molecule has 0 aliphatic carbocycles. The van der Waals surface area contributed by atoms with Crippen molar-refractivity contribution in [3.63, 3.8) is 0 Å². The highest BCUT2D eigenvalue weighted by Gasteiger charge is 2.30. The number of piperidine rings is 1. The molecule has 1 aromatic rings. The van der Waals surface area contributed by atoms with Crippen LogP contribution in [0.3, 0.4) is 0 Å². The number of halogens is 3. The first-order chi connectivity index (χ1) is 11.6. The summed E-state index contributed by atoms with van der Waals surface area (Å²) in [5, 5.41) is 3.43. The number of benzene rings is 1. The highest BCUT2D eigenvalue weighted by Crippen LogP contribution is 2.36. The van der Waals surface area contributed by atoms with Gasteiger partial charge >= 0.3 is 0 Å². The van der Waals surface area contributed by atoms with E-state index >= 15 is 0 Å². The average molecular weight is 383 g/mol. The summed E-state index contributed by atoms with van der Waals surface area (Å²) in [5.74, 6) is -0.00584. The molecule has 0 amide bonds. The molecule has 3 heterocycles. The van der Waals surface area contributed by atoms with Crippen molar-refractivity contribution in [2.24, 2.45) is 0 Å². The van der Waals surface area contributed by atoms with E-state index in [0.29, 0.717) is 5.56 Å². The Bertz CT molecular complexity index is 823. The molecule has 26 heavy (non-hydrogen) atoms. The number of rotatable bonds is 2. The number of hydrogen-bond acceptors (Lipinski definition) is 3. The molecule has 0 bridgehead atoms. The van der Waals surface area contributed by atoms with Crippen LogP contribution in [0.25, 0.3) is 11.4 Å². The molecule has 1 aromatic carbocycles. The molecule has 0 spiro atoms. The van der Waals surface area contributed by atoms with Crippen molar-refractivity contribution in [1.82, 2.24) is 20.3 Å². The molecule has 0 saturated carbocycles. The summed E-state index contributed by atoms with van der Waals surface area (Å²) in [7, 11) is 0. The maximum atomic E-state index is 13.5. The molecule has 0 aromatic heterocycles. The zero-order valence-corrected chi connectivity index (χ0v) is 15.0. The van der Waals surface area contributed by atoms with Crippen LogP contribution in [0, 0.1) is 11.6 Å². The van der Waals surface area contributed by atoms with Gasteiger partial charge in [0.25, 0.3) is 0 Å². The number of aromatic nitrogens is 3. The summed E-state index contributed by atoms with van der Waals surface area (Å²) in [6, 6.07) is 5.74. The highest BCUT2D eigenvalue weighted by molar-refractivity contribution is 5.85. The fourth-order valence-corrected chi connectivity index (χ4v) is 3.58. The predicted octanol–water partition coefficient (Wildman–Crippen LogP) is 3.38. The van der Waals surface area contributed by atoms with Crippen molar-refractivity contribution in [3.8, 4) is 11.4 Å². The maximum absolute atomic E-state index is 13.5. The molecule has 3 aliphatic heterocycles. The third-order valence-corrected chi connectivity index (χ3v) is 4.64. The summed E-state index contributed by atoms with van der Waals surface area (Å²) < 4.78 is 27.1. The van der Waals surface area contributed by atoms with Crippen LogP contribution in [0.1, 0.15) is 43.1 Å². The molecule has 8 heteroatoms. The largest absolute Gasteiger partial charge is 0.412 e. The molecular weight excluding hydrogens is 362 g/mol. The smallest absolute Gasteiger partial charge is 0.126 e. The second kappa shape index (κ2) is 8.07. The second-order valence-electron chi connectivity index (χ2n) is 6.50. The fraction of sp³-hybridized carbons (Fsp3) is 0.333. The number of fused-ring (bicyclic) bond motifs is 1. The minimum Gasteiger partial charge on any atom is -0.412 e. The van der Waals surface area contributed by atoms with Crippen molar-refractivity contribution < 1.29 is 14.3 Å². The van der Waals surface area contributed by atoms with E-state index in [4.69, 9.17) is 0 Å². The van der Waals surface area contributed by atoms with E-state index in [0.717, 1.165) is 36.1 Å². The third-order valence-electron chi connectivity index (χ3n) is 4.64. The van der Waals surface area contributed by atoms with Crippen LogP contribution in [-0.4, -0.2) is 26.5 Å². The number of hydrogen-bond donors (Lipinski definition) is 2. The SMILES string of the molecule is CC1CC(c2ncc3nccc-3[nH]2)CC(c2cc(F)cc(F)c2)N1.Cl.O.